The second kappa shape index (κ2) is 5.63. The van der Waals surface area contributed by atoms with E-state index in [1.54, 1.807) is 18.3 Å². The van der Waals surface area contributed by atoms with Gasteiger partial charge in [-0.15, -0.1) is 0 Å². The van der Waals surface area contributed by atoms with E-state index in [0.717, 1.165) is 16.8 Å². The third-order valence-electron chi connectivity index (χ3n) is 2.80. The predicted octanol–water partition coefficient (Wildman–Crippen LogP) is 2.34. The van der Waals surface area contributed by atoms with Crippen molar-refractivity contribution in [1.82, 2.24) is 4.98 Å². The van der Waals surface area contributed by atoms with Crippen LogP contribution in [0.3, 0.4) is 0 Å². The number of aliphatic hydroxyl groups excluding tert-OH is 1. The van der Waals surface area contributed by atoms with Crippen molar-refractivity contribution in [2.75, 3.05) is 7.11 Å². The van der Waals surface area contributed by atoms with Crippen molar-refractivity contribution >= 4 is 5.97 Å². The van der Waals surface area contributed by atoms with E-state index in [-0.39, 0.29) is 6.61 Å². The van der Waals surface area contributed by atoms with E-state index in [0.29, 0.717) is 11.1 Å². The largest absolute Gasteiger partial charge is 0.465 e. The van der Waals surface area contributed by atoms with Crippen molar-refractivity contribution < 1.29 is 14.6 Å². The summed E-state index contributed by atoms with van der Waals surface area (Å²) in [6.45, 7) is 1.82. The lowest BCUT2D eigenvalue weighted by molar-refractivity contribution is 0.0600. The van der Waals surface area contributed by atoms with Crippen LogP contribution in [0.25, 0.3) is 11.3 Å². The number of rotatable bonds is 3. The lowest BCUT2D eigenvalue weighted by atomic mass is 10.0. The molecule has 0 saturated carbocycles. The first-order valence-corrected chi connectivity index (χ1v) is 5.90. The molecule has 1 aromatic carbocycles. The molecule has 2 rings (SSSR count). The molecule has 4 nitrogen and oxygen atoms in total. The van der Waals surface area contributed by atoms with Crippen LogP contribution in [0.4, 0.5) is 0 Å². The summed E-state index contributed by atoms with van der Waals surface area (Å²) in [5.74, 6) is -0.427. The Bertz CT molecular complexity index is 591. The molecule has 1 N–H and O–H groups in total. The van der Waals surface area contributed by atoms with E-state index in [1.807, 2.05) is 25.1 Å². The van der Waals surface area contributed by atoms with Crippen LogP contribution in [0.5, 0.6) is 0 Å². The van der Waals surface area contributed by atoms with Gasteiger partial charge in [0.1, 0.15) is 0 Å². The molecule has 0 fully saturated rings. The number of benzene rings is 1. The molecule has 0 aliphatic carbocycles. The van der Waals surface area contributed by atoms with E-state index >= 15 is 0 Å². The summed E-state index contributed by atoms with van der Waals surface area (Å²) in [4.78, 5) is 15.9. The van der Waals surface area contributed by atoms with Crippen LogP contribution in [0.1, 0.15) is 21.5 Å². The predicted molar refractivity (Wildman–Crippen MR) is 71.7 cm³/mol. The Labute approximate surface area is 111 Å². The van der Waals surface area contributed by atoms with Gasteiger partial charge in [-0.3, -0.25) is 4.98 Å². The lowest BCUT2D eigenvalue weighted by Gasteiger charge is -2.07. The highest BCUT2D eigenvalue weighted by Crippen LogP contribution is 2.21. The summed E-state index contributed by atoms with van der Waals surface area (Å²) in [5.41, 5.74) is 3.67. The molecule has 0 bridgehead atoms. The quantitative estimate of drug-likeness (QED) is 0.857. The Balaban J connectivity index is 2.50. The van der Waals surface area contributed by atoms with Gasteiger partial charge in [0.2, 0.25) is 0 Å². The second-order valence-corrected chi connectivity index (χ2v) is 4.29. The molecule has 0 aliphatic heterocycles. The Morgan fingerprint density at radius 3 is 2.68 bits per heavy atom. The zero-order valence-corrected chi connectivity index (χ0v) is 10.9. The van der Waals surface area contributed by atoms with Gasteiger partial charge >= 0.3 is 5.97 Å². The van der Waals surface area contributed by atoms with E-state index in [1.165, 1.54) is 7.11 Å². The summed E-state index contributed by atoms with van der Waals surface area (Å²) in [6.07, 6.45) is 1.76. The fourth-order valence-electron chi connectivity index (χ4n) is 1.81. The Morgan fingerprint density at radius 2 is 2.11 bits per heavy atom. The van der Waals surface area contributed by atoms with Crippen LogP contribution >= 0.6 is 0 Å². The zero-order chi connectivity index (χ0) is 13.8. The molecule has 19 heavy (non-hydrogen) atoms. The van der Waals surface area contributed by atoms with Gasteiger partial charge in [-0.2, -0.15) is 0 Å². The van der Waals surface area contributed by atoms with Gasteiger partial charge in [-0.25, -0.2) is 4.79 Å². The number of methoxy groups -OCH3 is 1. The summed E-state index contributed by atoms with van der Waals surface area (Å²) in [5, 5.41) is 9.26. The van der Waals surface area contributed by atoms with Gasteiger partial charge < -0.3 is 9.84 Å². The first-order valence-electron chi connectivity index (χ1n) is 5.90. The molecule has 0 spiro atoms. The fourth-order valence-corrected chi connectivity index (χ4v) is 1.81. The molecular formula is C15H15NO3. The minimum atomic E-state index is -0.427. The maximum atomic E-state index is 11.6. The minimum Gasteiger partial charge on any atom is -0.465 e. The van der Waals surface area contributed by atoms with Gasteiger partial charge in [0.25, 0.3) is 0 Å². The number of hydrogen-bond acceptors (Lipinski definition) is 4. The highest BCUT2D eigenvalue weighted by molar-refractivity contribution is 5.91. The first-order chi connectivity index (χ1) is 9.13. The lowest BCUT2D eigenvalue weighted by Crippen LogP contribution is -2.03. The van der Waals surface area contributed by atoms with E-state index in [2.05, 4.69) is 4.98 Å². The van der Waals surface area contributed by atoms with Crippen molar-refractivity contribution in [1.29, 1.82) is 0 Å². The number of carbonyl (C=O) groups is 1. The summed E-state index contributed by atoms with van der Waals surface area (Å²) < 4.78 is 4.70. The normalized spacial score (nSPS) is 10.3. The van der Waals surface area contributed by atoms with Crippen molar-refractivity contribution in [2.24, 2.45) is 0 Å². The molecule has 4 heteroatoms. The van der Waals surface area contributed by atoms with Gasteiger partial charge in [-0.1, -0.05) is 6.07 Å². The second-order valence-electron chi connectivity index (χ2n) is 4.29. The van der Waals surface area contributed by atoms with Gasteiger partial charge in [0.05, 0.1) is 25.0 Å². The first kappa shape index (κ1) is 13.2. The topological polar surface area (TPSA) is 59.4 Å². The number of aryl methyl sites for hydroxylation is 1. The maximum Gasteiger partial charge on any atom is 0.337 e. The monoisotopic (exact) mass is 257 g/mol. The molecular weight excluding hydrogens is 242 g/mol. The highest BCUT2D eigenvalue weighted by Gasteiger charge is 2.10. The van der Waals surface area contributed by atoms with Gasteiger partial charge in [-0.05, 0) is 42.3 Å². The smallest absolute Gasteiger partial charge is 0.337 e. The number of nitrogens with zero attached hydrogens (tertiary/aromatic N) is 1. The summed E-state index contributed by atoms with van der Waals surface area (Å²) in [6, 6.07) is 8.97. The van der Waals surface area contributed by atoms with Crippen molar-refractivity contribution in [3.05, 3.63) is 53.2 Å². The number of esters is 1. The molecule has 0 radical (unpaired) electrons. The standard InChI is InChI=1S/C15H15NO3/c1-10-3-4-14(16-8-10)12-5-11(9-17)6-13(7-12)15(18)19-2/h3-8,17H,9H2,1-2H3. The minimum absolute atomic E-state index is 0.135. The average Bonchev–Trinajstić information content (AvgIpc) is 2.46. The van der Waals surface area contributed by atoms with Gasteiger partial charge in [0.15, 0.2) is 0 Å². The fraction of sp³-hybridized carbons (Fsp3) is 0.200. The van der Waals surface area contributed by atoms with E-state index < -0.39 is 5.97 Å². The summed E-state index contributed by atoms with van der Waals surface area (Å²) >= 11 is 0. The average molecular weight is 257 g/mol. The molecule has 0 saturated heterocycles. The van der Waals surface area contributed by atoms with Crippen LogP contribution in [-0.4, -0.2) is 23.2 Å². The third kappa shape index (κ3) is 2.98. The van der Waals surface area contributed by atoms with Crippen LogP contribution in [0, 0.1) is 6.92 Å². The Kier molecular flexibility index (Phi) is 3.92. The Hall–Kier alpha value is -2.20. The molecule has 2 aromatic rings. The number of pyridine rings is 1. The molecule has 0 atom stereocenters. The van der Waals surface area contributed by atoms with Crippen molar-refractivity contribution in [3.63, 3.8) is 0 Å². The molecule has 98 valence electrons. The molecule has 0 unspecified atom stereocenters. The number of aliphatic hydroxyl groups is 1. The van der Waals surface area contributed by atoms with E-state index in [9.17, 15) is 9.90 Å². The van der Waals surface area contributed by atoms with Crippen LogP contribution < -0.4 is 0 Å². The number of hydrogen-bond donors (Lipinski definition) is 1. The highest BCUT2D eigenvalue weighted by atomic mass is 16.5. The van der Waals surface area contributed by atoms with Crippen molar-refractivity contribution in [3.8, 4) is 11.3 Å². The van der Waals surface area contributed by atoms with Gasteiger partial charge in [0, 0.05) is 11.8 Å². The van der Waals surface area contributed by atoms with E-state index in [4.69, 9.17) is 4.74 Å². The summed E-state index contributed by atoms with van der Waals surface area (Å²) in [7, 11) is 1.33. The number of ether oxygens (including phenoxy) is 1. The molecule has 1 aromatic heterocycles. The number of carbonyl (C=O) groups excluding carboxylic acids is 1. The number of aromatic nitrogens is 1. The molecule has 0 aliphatic rings. The third-order valence-corrected chi connectivity index (χ3v) is 2.80. The molecule has 1 heterocycles. The molecule has 0 amide bonds. The van der Waals surface area contributed by atoms with Crippen LogP contribution in [0.2, 0.25) is 0 Å². The maximum absolute atomic E-state index is 11.6. The SMILES string of the molecule is COC(=O)c1cc(CO)cc(-c2ccc(C)cn2)c1. The van der Waals surface area contributed by atoms with Crippen molar-refractivity contribution in [2.45, 2.75) is 13.5 Å². The zero-order valence-electron chi connectivity index (χ0n) is 10.9. The van der Waals surface area contributed by atoms with Crippen LogP contribution in [0.15, 0.2) is 36.5 Å². The van der Waals surface area contributed by atoms with Crippen LogP contribution in [-0.2, 0) is 11.3 Å². The Morgan fingerprint density at radius 1 is 1.32 bits per heavy atom.